The van der Waals surface area contributed by atoms with E-state index < -0.39 is 23.7 Å². The summed E-state index contributed by atoms with van der Waals surface area (Å²) in [6.45, 7) is -0.0128. The highest BCUT2D eigenvalue weighted by Crippen LogP contribution is 2.32. The summed E-state index contributed by atoms with van der Waals surface area (Å²) in [4.78, 5) is 36.7. The van der Waals surface area contributed by atoms with Crippen LogP contribution in [0.3, 0.4) is 0 Å². The molecule has 0 aliphatic carbocycles. The van der Waals surface area contributed by atoms with E-state index in [-0.39, 0.29) is 4.91 Å². The van der Waals surface area contributed by atoms with Crippen LogP contribution in [0.1, 0.15) is 11.1 Å². The van der Waals surface area contributed by atoms with E-state index in [1.165, 1.54) is 7.11 Å². The third-order valence-corrected chi connectivity index (χ3v) is 5.00. The second kappa shape index (κ2) is 8.95. The van der Waals surface area contributed by atoms with Crippen molar-refractivity contribution in [1.82, 2.24) is 4.90 Å². The number of carbonyl (C=O) groups excluding carboxylic acids is 3. The summed E-state index contributed by atoms with van der Waals surface area (Å²) in [7, 11) is 1.20. The van der Waals surface area contributed by atoms with Crippen molar-refractivity contribution >= 4 is 46.6 Å². The molecule has 0 saturated carbocycles. The van der Waals surface area contributed by atoms with E-state index in [0.717, 1.165) is 27.8 Å². The van der Waals surface area contributed by atoms with Gasteiger partial charge in [0.25, 0.3) is 11.1 Å². The molecule has 1 heterocycles. The van der Waals surface area contributed by atoms with Crippen molar-refractivity contribution in [2.45, 2.75) is 6.61 Å². The third kappa shape index (κ3) is 4.94. The third-order valence-electron chi connectivity index (χ3n) is 3.86. The lowest BCUT2D eigenvalue weighted by Crippen LogP contribution is -2.34. The van der Waals surface area contributed by atoms with Gasteiger partial charge in [-0.05, 0) is 53.2 Å². The van der Waals surface area contributed by atoms with E-state index in [4.69, 9.17) is 16.3 Å². The largest absolute Gasteiger partial charge is 0.489 e. The summed E-state index contributed by atoms with van der Waals surface area (Å²) in [5, 5.41) is 0.153. The molecule has 1 saturated heterocycles. The molecule has 2 aromatic rings. The van der Waals surface area contributed by atoms with Crippen molar-refractivity contribution in [3.05, 3.63) is 69.6 Å². The number of hydrogen-bond acceptors (Lipinski definition) is 6. The summed E-state index contributed by atoms with van der Waals surface area (Å²) in [6, 6.07) is 14.5. The number of imide groups is 1. The summed E-state index contributed by atoms with van der Waals surface area (Å²) in [5.74, 6) is -0.498. The van der Waals surface area contributed by atoms with Crippen molar-refractivity contribution in [3.8, 4) is 5.75 Å². The first-order valence-corrected chi connectivity index (χ1v) is 9.45. The highest BCUT2D eigenvalue weighted by Gasteiger charge is 2.36. The van der Waals surface area contributed by atoms with Crippen LogP contribution in [0.2, 0.25) is 5.02 Å². The molecule has 2 amide bonds. The molecule has 1 aliphatic heterocycles. The fourth-order valence-electron chi connectivity index (χ4n) is 2.44. The number of rotatable bonds is 6. The first kappa shape index (κ1) is 20.0. The maximum Gasteiger partial charge on any atom is 0.325 e. The van der Waals surface area contributed by atoms with Gasteiger partial charge < -0.3 is 9.47 Å². The topological polar surface area (TPSA) is 72.9 Å². The van der Waals surface area contributed by atoms with Crippen molar-refractivity contribution < 1.29 is 23.9 Å². The Bertz CT molecular complexity index is 942. The highest BCUT2D eigenvalue weighted by molar-refractivity contribution is 8.18. The standard InChI is InChI=1S/C20H16ClNO5S/c1-26-18(23)11-22-19(24)17(28-20(22)25)10-13-5-7-16(8-6-13)27-12-14-3-2-4-15(21)9-14/h2-10H,11-12H2,1H3/b17-10-. The molecule has 28 heavy (non-hydrogen) atoms. The van der Waals surface area contributed by atoms with E-state index in [1.54, 1.807) is 36.4 Å². The quantitative estimate of drug-likeness (QED) is 0.519. The zero-order valence-corrected chi connectivity index (χ0v) is 16.5. The maximum absolute atomic E-state index is 12.3. The first-order valence-electron chi connectivity index (χ1n) is 8.26. The highest BCUT2D eigenvalue weighted by atomic mass is 35.5. The minimum Gasteiger partial charge on any atom is -0.489 e. The first-order chi connectivity index (χ1) is 13.5. The second-order valence-corrected chi connectivity index (χ2v) is 7.26. The number of thioether (sulfide) groups is 1. The normalized spacial score (nSPS) is 15.2. The van der Waals surface area contributed by atoms with Gasteiger partial charge in [0.15, 0.2) is 0 Å². The van der Waals surface area contributed by atoms with Gasteiger partial charge in [0.05, 0.1) is 12.0 Å². The molecule has 0 aromatic heterocycles. The number of nitrogens with zero attached hydrogens (tertiary/aromatic N) is 1. The molecule has 0 spiro atoms. The van der Waals surface area contributed by atoms with Crippen molar-refractivity contribution in [2.75, 3.05) is 13.7 Å². The van der Waals surface area contributed by atoms with Gasteiger partial charge in [0.2, 0.25) is 0 Å². The summed E-state index contributed by atoms with van der Waals surface area (Å²) in [5.41, 5.74) is 1.69. The number of hydrogen-bond donors (Lipinski definition) is 0. The number of amides is 2. The Morgan fingerprint density at radius 2 is 1.93 bits per heavy atom. The summed E-state index contributed by atoms with van der Waals surface area (Å²) >= 11 is 6.74. The van der Waals surface area contributed by atoms with Crippen LogP contribution in [-0.2, 0) is 20.9 Å². The zero-order valence-electron chi connectivity index (χ0n) is 14.9. The van der Waals surface area contributed by atoms with Gasteiger partial charge in [0, 0.05) is 5.02 Å². The molecule has 6 nitrogen and oxygen atoms in total. The average Bonchev–Trinajstić information content (AvgIpc) is 2.94. The molecule has 0 radical (unpaired) electrons. The van der Waals surface area contributed by atoms with Crippen LogP contribution in [-0.4, -0.2) is 35.7 Å². The van der Waals surface area contributed by atoms with Crippen LogP contribution < -0.4 is 4.74 Å². The Hall–Kier alpha value is -2.77. The van der Waals surface area contributed by atoms with Gasteiger partial charge in [-0.3, -0.25) is 19.3 Å². The number of methoxy groups -OCH3 is 1. The Balaban J connectivity index is 1.64. The van der Waals surface area contributed by atoms with E-state index in [9.17, 15) is 14.4 Å². The molecule has 3 rings (SSSR count). The molecule has 0 unspecified atom stereocenters. The smallest absolute Gasteiger partial charge is 0.325 e. The minimum absolute atomic E-state index is 0.251. The predicted octanol–water partition coefficient (Wildman–Crippen LogP) is 4.13. The molecule has 8 heteroatoms. The van der Waals surface area contributed by atoms with E-state index in [0.29, 0.717) is 17.4 Å². The molecular formula is C20H16ClNO5S. The average molecular weight is 418 g/mol. The fourth-order valence-corrected chi connectivity index (χ4v) is 3.49. The van der Waals surface area contributed by atoms with Crippen LogP contribution in [0.15, 0.2) is 53.4 Å². The lowest BCUT2D eigenvalue weighted by molar-refractivity contribution is -0.143. The molecule has 0 bridgehead atoms. The summed E-state index contributed by atoms with van der Waals surface area (Å²) < 4.78 is 10.2. The monoisotopic (exact) mass is 417 g/mol. The molecule has 1 aliphatic rings. The number of ether oxygens (including phenoxy) is 2. The fraction of sp³-hybridized carbons (Fsp3) is 0.150. The zero-order chi connectivity index (χ0) is 20.1. The van der Waals surface area contributed by atoms with Crippen LogP contribution >= 0.6 is 23.4 Å². The van der Waals surface area contributed by atoms with Gasteiger partial charge in [-0.15, -0.1) is 0 Å². The molecule has 1 fully saturated rings. The Morgan fingerprint density at radius 3 is 2.61 bits per heavy atom. The number of carbonyl (C=O) groups is 3. The van der Waals surface area contributed by atoms with Gasteiger partial charge in [-0.25, -0.2) is 0 Å². The lowest BCUT2D eigenvalue weighted by Gasteiger charge is -2.09. The van der Waals surface area contributed by atoms with E-state index in [2.05, 4.69) is 4.74 Å². The maximum atomic E-state index is 12.3. The minimum atomic E-state index is -0.648. The SMILES string of the molecule is COC(=O)CN1C(=O)S/C(=C\c2ccc(OCc3cccc(Cl)c3)cc2)C1=O. The van der Waals surface area contributed by atoms with Gasteiger partial charge in [-0.1, -0.05) is 35.9 Å². The number of benzene rings is 2. The number of esters is 1. The molecule has 0 N–H and O–H groups in total. The summed E-state index contributed by atoms with van der Waals surface area (Å²) in [6.07, 6.45) is 1.60. The Kier molecular flexibility index (Phi) is 6.38. The van der Waals surface area contributed by atoms with E-state index >= 15 is 0 Å². The Labute approximate surface area is 171 Å². The molecule has 2 aromatic carbocycles. The van der Waals surface area contributed by atoms with Gasteiger partial charge >= 0.3 is 5.97 Å². The molecule has 0 atom stereocenters. The van der Waals surface area contributed by atoms with E-state index in [1.807, 2.05) is 18.2 Å². The Morgan fingerprint density at radius 1 is 1.18 bits per heavy atom. The predicted molar refractivity (Wildman–Crippen MR) is 107 cm³/mol. The second-order valence-electron chi connectivity index (χ2n) is 5.83. The van der Waals surface area contributed by atoms with Crippen molar-refractivity contribution in [3.63, 3.8) is 0 Å². The van der Waals surface area contributed by atoms with Crippen molar-refractivity contribution in [1.29, 1.82) is 0 Å². The van der Waals surface area contributed by atoms with Crippen LogP contribution in [0.4, 0.5) is 4.79 Å². The van der Waals surface area contributed by atoms with Crippen LogP contribution in [0.25, 0.3) is 6.08 Å². The van der Waals surface area contributed by atoms with Gasteiger partial charge in [-0.2, -0.15) is 0 Å². The van der Waals surface area contributed by atoms with Crippen LogP contribution in [0, 0.1) is 0 Å². The number of halogens is 1. The van der Waals surface area contributed by atoms with Gasteiger partial charge in [0.1, 0.15) is 18.9 Å². The molecular weight excluding hydrogens is 402 g/mol. The lowest BCUT2D eigenvalue weighted by atomic mass is 10.2. The molecule has 144 valence electrons. The van der Waals surface area contributed by atoms with Crippen molar-refractivity contribution in [2.24, 2.45) is 0 Å². The van der Waals surface area contributed by atoms with Crippen LogP contribution in [0.5, 0.6) is 5.75 Å².